The smallest absolute Gasteiger partial charge is 0.311 e. The highest BCUT2D eigenvalue weighted by atomic mass is 19.4. The van der Waals surface area contributed by atoms with Gasteiger partial charge in [-0.2, -0.15) is 18.3 Å². The molecule has 0 aliphatic heterocycles. The minimum absolute atomic E-state index is 0.169. The summed E-state index contributed by atoms with van der Waals surface area (Å²) in [6.45, 7) is 1.10. The molecule has 0 atom stereocenters. The number of aromatic nitrogens is 3. The molecule has 0 saturated carbocycles. The fraction of sp³-hybridized carbons (Fsp3) is 0.176. The van der Waals surface area contributed by atoms with E-state index in [1.807, 2.05) is 0 Å². The molecule has 9 heteroatoms. The van der Waals surface area contributed by atoms with Crippen molar-refractivity contribution in [3.63, 3.8) is 0 Å². The number of nitrogens with one attached hydrogen (secondary N) is 1. The van der Waals surface area contributed by atoms with Crippen molar-refractivity contribution in [1.82, 2.24) is 20.0 Å². The summed E-state index contributed by atoms with van der Waals surface area (Å²) in [7, 11) is 0. The second kappa shape index (κ2) is 6.95. The summed E-state index contributed by atoms with van der Waals surface area (Å²) in [4.78, 5) is 19.6. The summed E-state index contributed by atoms with van der Waals surface area (Å²) < 4.78 is 40.5. The van der Waals surface area contributed by atoms with Gasteiger partial charge in [0.2, 0.25) is 5.82 Å². The molecule has 1 aromatic carbocycles. The molecule has 3 rings (SSSR count). The Morgan fingerprint density at radius 3 is 2.69 bits per heavy atom. The normalized spacial score (nSPS) is 12.4. The molecule has 0 aliphatic carbocycles. The van der Waals surface area contributed by atoms with E-state index in [-0.39, 0.29) is 11.0 Å². The average molecular weight is 361 g/mol. The van der Waals surface area contributed by atoms with E-state index in [1.54, 1.807) is 43.6 Å². The first-order chi connectivity index (χ1) is 12.4. The van der Waals surface area contributed by atoms with Crippen molar-refractivity contribution in [2.75, 3.05) is 0 Å². The predicted molar refractivity (Wildman–Crippen MR) is 89.3 cm³/mol. The fourth-order valence-corrected chi connectivity index (χ4v) is 2.42. The molecule has 1 amide bonds. The summed E-state index contributed by atoms with van der Waals surface area (Å²) in [6, 6.07) is 9.58. The Hall–Kier alpha value is -3.23. The number of rotatable bonds is 4. The van der Waals surface area contributed by atoms with Crippen LogP contribution < -0.4 is 5.43 Å². The van der Waals surface area contributed by atoms with Gasteiger partial charge >= 0.3 is 6.18 Å². The maximum absolute atomic E-state index is 13.2. The lowest BCUT2D eigenvalue weighted by molar-refractivity contribution is -0.147. The second-order valence-corrected chi connectivity index (χ2v) is 5.48. The minimum atomic E-state index is -4.67. The van der Waals surface area contributed by atoms with Crippen LogP contribution in [-0.2, 0) is 17.5 Å². The van der Waals surface area contributed by atoms with Gasteiger partial charge in [0.05, 0.1) is 16.7 Å². The van der Waals surface area contributed by atoms with E-state index in [1.165, 1.54) is 12.1 Å². The zero-order valence-electron chi connectivity index (χ0n) is 13.7. The fourth-order valence-electron chi connectivity index (χ4n) is 2.42. The largest absolute Gasteiger partial charge is 0.449 e. The van der Waals surface area contributed by atoms with Gasteiger partial charge in [-0.15, -0.1) is 0 Å². The predicted octanol–water partition coefficient (Wildman–Crippen LogP) is 2.99. The molecule has 1 N–H and O–H groups in total. The number of hydrogen-bond acceptors (Lipinski definition) is 4. The van der Waals surface area contributed by atoms with Crippen LogP contribution in [0.5, 0.6) is 0 Å². The van der Waals surface area contributed by atoms with E-state index >= 15 is 0 Å². The van der Waals surface area contributed by atoms with Crippen LogP contribution >= 0.6 is 0 Å². The van der Waals surface area contributed by atoms with E-state index < -0.39 is 24.5 Å². The van der Waals surface area contributed by atoms with Gasteiger partial charge in [-0.1, -0.05) is 18.2 Å². The molecule has 3 aromatic rings. The van der Waals surface area contributed by atoms with Crippen LogP contribution in [0, 0.1) is 0 Å². The van der Waals surface area contributed by atoms with Crippen molar-refractivity contribution < 1.29 is 18.0 Å². The Morgan fingerprint density at radius 2 is 2.00 bits per heavy atom. The minimum Gasteiger partial charge on any atom is -0.311 e. The Morgan fingerprint density at radius 1 is 1.23 bits per heavy atom. The third kappa shape index (κ3) is 3.71. The van der Waals surface area contributed by atoms with Gasteiger partial charge in [-0.3, -0.25) is 9.78 Å². The van der Waals surface area contributed by atoms with Crippen LogP contribution in [0.2, 0.25) is 0 Å². The van der Waals surface area contributed by atoms with Gasteiger partial charge < -0.3 is 4.57 Å². The highest BCUT2D eigenvalue weighted by molar-refractivity contribution is 5.98. The lowest BCUT2D eigenvalue weighted by Gasteiger charge is -2.10. The zero-order valence-corrected chi connectivity index (χ0v) is 13.7. The highest BCUT2D eigenvalue weighted by Crippen LogP contribution is 2.31. The Kier molecular flexibility index (Phi) is 4.70. The number of hydrogen-bond donors (Lipinski definition) is 1. The first-order valence-electron chi connectivity index (χ1n) is 7.62. The molecule has 2 heterocycles. The maximum atomic E-state index is 13.2. The first kappa shape index (κ1) is 17.6. The molecule has 0 unspecified atom stereocenters. The number of nitrogens with zero attached hydrogens (tertiary/aromatic N) is 4. The van der Waals surface area contributed by atoms with Gasteiger partial charge in [-0.25, -0.2) is 10.4 Å². The van der Waals surface area contributed by atoms with Gasteiger partial charge in [-0.05, 0) is 25.1 Å². The van der Waals surface area contributed by atoms with Crippen LogP contribution in [0.25, 0.3) is 11.0 Å². The number of halogens is 3. The van der Waals surface area contributed by atoms with E-state index in [0.717, 1.165) is 4.57 Å². The molecule has 6 nitrogen and oxygen atoms in total. The first-order valence-corrected chi connectivity index (χ1v) is 7.62. The van der Waals surface area contributed by atoms with Crippen molar-refractivity contribution in [3.8, 4) is 0 Å². The Labute approximate surface area is 146 Å². The molecule has 0 aliphatic rings. The summed E-state index contributed by atoms with van der Waals surface area (Å²) in [5.41, 5.74) is 3.84. The average Bonchev–Trinajstić information content (AvgIpc) is 2.99. The number of benzene rings is 1. The molecule has 0 saturated heterocycles. The van der Waals surface area contributed by atoms with Crippen molar-refractivity contribution >= 4 is 22.7 Å². The third-order valence-corrected chi connectivity index (χ3v) is 3.64. The molecule has 134 valence electrons. The Bertz CT molecular complexity index is 963. The van der Waals surface area contributed by atoms with Crippen LogP contribution in [0.3, 0.4) is 0 Å². The topological polar surface area (TPSA) is 72.2 Å². The monoisotopic (exact) mass is 361 g/mol. The number of pyridine rings is 1. The third-order valence-electron chi connectivity index (χ3n) is 3.64. The molecule has 0 radical (unpaired) electrons. The SMILES string of the molecule is CC(=NNC(=O)Cn1c(C(F)(F)F)nc2ccccc21)c1cccnc1. The molecule has 0 fully saturated rings. The number of hydrazone groups is 1. The van der Waals surface area contributed by atoms with Gasteiger partial charge in [0.1, 0.15) is 6.54 Å². The number of imidazole rings is 1. The quantitative estimate of drug-likeness (QED) is 0.574. The molecule has 26 heavy (non-hydrogen) atoms. The van der Waals surface area contributed by atoms with Gasteiger partial charge in [0.15, 0.2) is 0 Å². The van der Waals surface area contributed by atoms with Gasteiger partial charge in [0.25, 0.3) is 5.91 Å². The van der Waals surface area contributed by atoms with Crippen LogP contribution in [-0.4, -0.2) is 26.2 Å². The molecular formula is C17H14F3N5O. The second-order valence-electron chi connectivity index (χ2n) is 5.48. The zero-order chi connectivity index (χ0) is 18.7. The van der Waals surface area contributed by atoms with E-state index in [9.17, 15) is 18.0 Å². The number of amides is 1. The van der Waals surface area contributed by atoms with Crippen molar-refractivity contribution in [3.05, 3.63) is 60.2 Å². The van der Waals surface area contributed by atoms with Crippen molar-refractivity contribution in [2.24, 2.45) is 5.10 Å². The summed E-state index contributed by atoms with van der Waals surface area (Å²) in [6.07, 6.45) is -1.51. The standard InChI is InChI=1S/C17H14F3N5O/c1-11(12-5-4-8-21-9-12)23-24-15(26)10-25-14-7-3-2-6-13(14)22-16(25)17(18,19)20/h2-9H,10H2,1H3,(H,24,26). The molecule has 0 bridgehead atoms. The van der Waals surface area contributed by atoms with E-state index in [4.69, 9.17) is 0 Å². The number of carbonyl (C=O) groups excluding carboxylic acids is 1. The van der Waals surface area contributed by atoms with Crippen LogP contribution in [0.4, 0.5) is 13.2 Å². The molecule has 0 spiro atoms. The van der Waals surface area contributed by atoms with E-state index in [0.29, 0.717) is 11.3 Å². The summed E-state index contributed by atoms with van der Waals surface area (Å²) in [5, 5.41) is 3.91. The number of para-hydroxylation sites is 2. The van der Waals surface area contributed by atoms with Crippen LogP contribution in [0.1, 0.15) is 18.3 Å². The maximum Gasteiger partial charge on any atom is 0.449 e. The molecular weight excluding hydrogens is 347 g/mol. The lowest BCUT2D eigenvalue weighted by atomic mass is 10.2. The number of carbonyl (C=O) groups is 1. The Balaban J connectivity index is 1.83. The lowest BCUT2D eigenvalue weighted by Crippen LogP contribution is -2.27. The van der Waals surface area contributed by atoms with Crippen LogP contribution in [0.15, 0.2) is 53.9 Å². The number of fused-ring (bicyclic) bond motifs is 1. The summed E-state index contributed by atoms with van der Waals surface area (Å²) in [5.74, 6) is -1.82. The van der Waals surface area contributed by atoms with Crippen molar-refractivity contribution in [1.29, 1.82) is 0 Å². The molecule has 2 aromatic heterocycles. The van der Waals surface area contributed by atoms with Gasteiger partial charge in [0, 0.05) is 18.0 Å². The highest BCUT2D eigenvalue weighted by Gasteiger charge is 2.37. The number of alkyl halides is 3. The van der Waals surface area contributed by atoms with Crippen molar-refractivity contribution in [2.45, 2.75) is 19.6 Å². The summed E-state index contributed by atoms with van der Waals surface area (Å²) >= 11 is 0. The van der Waals surface area contributed by atoms with E-state index in [2.05, 4.69) is 20.5 Å².